The first-order valence-electron chi connectivity index (χ1n) is 6.40. The van der Waals surface area contributed by atoms with Crippen LogP contribution in [0.2, 0.25) is 0 Å². The number of hydrogen-bond donors (Lipinski definition) is 1. The monoisotopic (exact) mass is 233 g/mol. The average molecular weight is 233 g/mol. The van der Waals surface area contributed by atoms with Crippen molar-refractivity contribution in [3.8, 4) is 0 Å². The second-order valence-corrected chi connectivity index (χ2v) is 5.38. The van der Waals surface area contributed by atoms with Crippen LogP contribution in [0.4, 0.5) is 0 Å². The maximum atomic E-state index is 5.49. The maximum Gasteiger partial charge on any atom is 0.0586 e. The van der Waals surface area contributed by atoms with Crippen molar-refractivity contribution in [2.75, 3.05) is 26.8 Å². The fourth-order valence-corrected chi connectivity index (χ4v) is 2.68. The van der Waals surface area contributed by atoms with Crippen LogP contribution in [0, 0.1) is 20.8 Å². The second kappa shape index (κ2) is 4.79. The minimum absolute atomic E-state index is 0.256. The molecule has 1 aliphatic rings. The van der Waals surface area contributed by atoms with Gasteiger partial charge in [-0.25, -0.2) is 0 Å². The SMILES string of the molecule is CNCCC1(c2cc(C)c(C)cc2C)COC1. The summed E-state index contributed by atoms with van der Waals surface area (Å²) in [5, 5.41) is 3.25. The third-order valence-electron chi connectivity index (χ3n) is 4.02. The smallest absolute Gasteiger partial charge is 0.0586 e. The average Bonchev–Trinajstić information content (AvgIpc) is 2.23. The van der Waals surface area contributed by atoms with E-state index in [0.29, 0.717) is 0 Å². The van der Waals surface area contributed by atoms with Crippen LogP contribution in [0.5, 0.6) is 0 Å². The van der Waals surface area contributed by atoms with Crippen molar-refractivity contribution in [1.29, 1.82) is 0 Å². The molecule has 2 heteroatoms. The van der Waals surface area contributed by atoms with Crippen molar-refractivity contribution in [2.45, 2.75) is 32.6 Å². The molecule has 0 aromatic heterocycles. The summed E-state index contributed by atoms with van der Waals surface area (Å²) in [4.78, 5) is 0. The van der Waals surface area contributed by atoms with Crippen molar-refractivity contribution in [2.24, 2.45) is 0 Å². The molecule has 0 bridgehead atoms. The van der Waals surface area contributed by atoms with Gasteiger partial charge in [-0.1, -0.05) is 12.1 Å². The molecule has 1 aromatic rings. The van der Waals surface area contributed by atoms with E-state index in [9.17, 15) is 0 Å². The molecular weight excluding hydrogens is 210 g/mol. The normalized spacial score (nSPS) is 17.9. The quantitative estimate of drug-likeness (QED) is 0.862. The van der Waals surface area contributed by atoms with Crippen LogP contribution in [0.3, 0.4) is 0 Å². The predicted octanol–water partition coefficient (Wildman–Crippen LogP) is 2.49. The Morgan fingerprint density at radius 2 is 1.76 bits per heavy atom. The molecule has 1 heterocycles. The Balaban J connectivity index is 2.34. The molecular formula is C15H23NO. The molecule has 0 radical (unpaired) electrons. The van der Waals surface area contributed by atoms with Gasteiger partial charge in [-0.05, 0) is 63.0 Å². The number of hydrogen-bond acceptors (Lipinski definition) is 2. The van der Waals surface area contributed by atoms with E-state index in [4.69, 9.17) is 4.74 Å². The van der Waals surface area contributed by atoms with Gasteiger partial charge in [0.2, 0.25) is 0 Å². The third kappa shape index (κ3) is 2.24. The van der Waals surface area contributed by atoms with Crippen molar-refractivity contribution in [3.05, 3.63) is 34.4 Å². The molecule has 0 atom stereocenters. The van der Waals surface area contributed by atoms with Crippen LogP contribution in [-0.2, 0) is 10.2 Å². The standard InChI is InChI=1S/C15H23NO/c1-11-7-13(3)14(8-12(11)2)15(5-6-16-4)9-17-10-15/h7-8,16H,5-6,9-10H2,1-4H3. The molecule has 0 amide bonds. The van der Waals surface area contributed by atoms with Gasteiger partial charge in [0.1, 0.15) is 0 Å². The summed E-state index contributed by atoms with van der Waals surface area (Å²) in [7, 11) is 2.01. The van der Waals surface area contributed by atoms with Crippen LogP contribution in [0.1, 0.15) is 28.7 Å². The minimum Gasteiger partial charge on any atom is -0.379 e. The van der Waals surface area contributed by atoms with Crippen molar-refractivity contribution in [3.63, 3.8) is 0 Å². The summed E-state index contributed by atoms with van der Waals surface area (Å²) in [5.41, 5.74) is 5.93. The first-order chi connectivity index (χ1) is 8.09. The Morgan fingerprint density at radius 3 is 2.29 bits per heavy atom. The van der Waals surface area contributed by atoms with E-state index < -0.39 is 0 Å². The molecule has 0 spiro atoms. The Morgan fingerprint density at radius 1 is 1.12 bits per heavy atom. The summed E-state index contributed by atoms with van der Waals surface area (Å²) in [5.74, 6) is 0. The molecule has 0 saturated carbocycles. The third-order valence-corrected chi connectivity index (χ3v) is 4.02. The Hall–Kier alpha value is -0.860. The lowest BCUT2D eigenvalue weighted by atomic mass is 9.73. The molecule has 1 aliphatic heterocycles. The molecule has 1 N–H and O–H groups in total. The lowest BCUT2D eigenvalue weighted by molar-refractivity contribution is -0.0641. The number of rotatable bonds is 4. The zero-order chi connectivity index (χ0) is 12.5. The first-order valence-corrected chi connectivity index (χ1v) is 6.40. The second-order valence-electron chi connectivity index (χ2n) is 5.38. The van der Waals surface area contributed by atoms with E-state index in [1.54, 1.807) is 0 Å². The lowest BCUT2D eigenvalue weighted by Crippen LogP contribution is -2.48. The highest BCUT2D eigenvalue weighted by molar-refractivity contribution is 5.42. The van der Waals surface area contributed by atoms with Crippen LogP contribution in [0.15, 0.2) is 12.1 Å². The lowest BCUT2D eigenvalue weighted by Gasteiger charge is -2.43. The molecule has 2 rings (SSSR count). The molecule has 0 unspecified atom stereocenters. The predicted molar refractivity (Wildman–Crippen MR) is 71.7 cm³/mol. The summed E-state index contributed by atoms with van der Waals surface area (Å²) in [6.07, 6.45) is 1.16. The summed E-state index contributed by atoms with van der Waals surface area (Å²) in [6.45, 7) is 9.40. The Labute approximate surface area is 104 Å². The number of ether oxygens (including phenoxy) is 1. The van der Waals surface area contributed by atoms with Gasteiger partial charge in [-0.15, -0.1) is 0 Å². The summed E-state index contributed by atoms with van der Waals surface area (Å²) >= 11 is 0. The zero-order valence-corrected chi connectivity index (χ0v) is 11.4. The van der Waals surface area contributed by atoms with Crippen LogP contribution in [0.25, 0.3) is 0 Å². The molecule has 2 nitrogen and oxygen atoms in total. The van der Waals surface area contributed by atoms with E-state index >= 15 is 0 Å². The molecule has 1 aromatic carbocycles. The van der Waals surface area contributed by atoms with Gasteiger partial charge in [-0.2, -0.15) is 0 Å². The molecule has 94 valence electrons. The van der Waals surface area contributed by atoms with E-state index in [1.165, 1.54) is 22.3 Å². The fourth-order valence-electron chi connectivity index (χ4n) is 2.68. The first kappa shape index (κ1) is 12.6. The van der Waals surface area contributed by atoms with Gasteiger partial charge >= 0.3 is 0 Å². The van der Waals surface area contributed by atoms with Gasteiger partial charge in [0.05, 0.1) is 13.2 Å². The van der Waals surface area contributed by atoms with Crippen LogP contribution in [-0.4, -0.2) is 26.8 Å². The van der Waals surface area contributed by atoms with Gasteiger partial charge in [0.25, 0.3) is 0 Å². The number of nitrogens with one attached hydrogen (secondary N) is 1. The molecule has 1 saturated heterocycles. The highest BCUT2D eigenvalue weighted by Crippen LogP contribution is 2.38. The fraction of sp³-hybridized carbons (Fsp3) is 0.600. The highest BCUT2D eigenvalue weighted by Gasteiger charge is 2.40. The molecule has 17 heavy (non-hydrogen) atoms. The van der Waals surface area contributed by atoms with Crippen molar-refractivity contribution < 1.29 is 4.74 Å². The van der Waals surface area contributed by atoms with Gasteiger partial charge in [0, 0.05) is 5.41 Å². The van der Waals surface area contributed by atoms with Gasteiger partial charge in [-0.3, -0.25) is 0 Å². The minimum atomic E-state index is 0.256. The van der Waals surface area contributed by atoms with Crippen LogP contribution >= 0.6 is 0 Å². The summed E-state index contributed by atoms with van der Waals surface area (Å²) < 4.78 is 5.49. The zero-order valence-electron chi connectivity index (χ0n) is 11.4. The molecule has 0 aliphatic carbocycles. The molecule has 1 fully saturated rings. The highest BCUT2D eigenvalue weighted by atomic mass is 16.5. The van der Waals surface area contributed by atoms with E-state index in [-0.39, 0.29) is 5.41 Å². The maximum absolute atomic E-state index is 5.49. The van der Waals surface area contributed by atoms with Crippen LogP contribution < -0.4 is 5.32 Å². The Bertz CT molecular complexity index is 408. The Kier molecular flexibility index (Phi) is 3.55. The van der Waals surface area contributed by atoms with Gasteiger partial charge in [0.15, 0.2) is 0 Å². The largest absolute Gasteiger partial charge is 0.379 e. The van der Waals surface area contributed by atoms with E-state index in [1.807, 2.05) is 7.05 Å². The number of benzene rings is 1. The van der Waals surface area contributed by atoms with Crippen molar-refractivity contribution in [1.82, 2.24) is 5.32 Å². The van der Waals surface area contributed by atoms with E-state index in [0.717, 1.165) is 26.2 Å². The topological polar surface area (TPSA) is 21.3 Å². The summed E-state index contributed by atoms with van der Waals surface area (Å²) in [6, 6.07) is 4.67. The van der Waals surface area contributed by atoms with Crippen molar-refractivity contribution >= 4 is 0 Å². The van der Waals surface area contributed by atoms with Gasteiger partial charge < -0.3 is 10.1 Å². The number of aryl methyl sites for hydroxylation is 3. The van der Waals surface area contributed by atoms with E-state index in [2.05, 4.69) is 38.2 Å².